The van der Waals surface area contributed by atoms with E-state index in [1.807, 2.05) is 34.3 Å². The highest BCUT2D eigenvalue weighted by Crippen LogP contribution is 2.14. The van der Waals surface area contributed by atoms with Crippen molar-refractivity contribution in [3.63, 3.8) is 0 Å². The average Bonchev–Trinajstić information content (AvgIpc) is 3.26. The van der Waals surface area contributed by atoms with Crippen LogP contribution < -0.4 is 4.80 Å². The first-order chi connectivity index (χ1) is 11.3. The minimum atomic E-state index is -0.153. The molecule has 4 rings (SSSR count). The molecule has 0 aliphatic carbocycles. The summed E-state index contributed by atoms with van der Waals surface area (Å²) >= 11 is 1.45. The third-order valence-electron chi connectivity index (χ3n) is 3.89. The van der Waals surface area contributed by atoms with Crippen molar-refractivity contribution in [1.29, 1.82) is 0 Å². The highest BCUT2D eigenvalue weighted by molar-refractivity contribution is 7.07. The van der Waals surface area contributed by atoms with E-state index >= 15 is 0 Å². The number of fused-ring (bicyclic) bond motifs is 1. The van der Waals surface area contributed by atoms with E-state index in [0.717, 1.165) is 42.7 Å². The largest absolute Gasteiger partial charge is 0.346 e. The van der Waals surface area contributed by atoms with E-state index in [1.54, 1.807) is 17.3 Å². The summed E-state index contributed by atoms with van der Waals surface area (Å²) in [5.74, 6) is 0. The molecule has 7 heteroatoms. The van der Waals surface area contributed by atoms with Crippen LogP contribution in [0.5, 0.6) is 0 Å². The molecular formula is C16H15N5OS. The minimum absolute atomic E-state index is 0.153. The van der Waals surface area contributed by atoms with Gasteiger partial charge in [0, 0.05) is 37.1 Å². The number of hydrogen-bond donors (Lipinski definition) is 0. The van der Waals surface area contributed by atoms with E-state index in [-0.39, 0.29) is 6.03 Å². The van der Waals surface area contributed by atoms with E-state index < -0.39 is 0 Å². The Bertz CT molecular complexity index is 923. The molecule has 0 bridgehead atoms. The standard InChI is InChI=1S/C16H15N5OS/c22-15(20-7-1-2-8-20)19-16-21(9-10-23-16)12-3-4-13-14(11-12)18-6-5-17-13/h3-6,9-11H,1-2,7-8H2. The van der Waals surface area contributed by atoms with Gasteiger partial charge in [-0.15, -0.1) is 11.3 Å². The van der Waals surface area contributed by atoms with Crippen LogP contribution in [0.3, 0.4) is 0 Å². The van der Waals surface area contributed by atoms with Crippen LogP contribution in [-0.4, -0.2) is 38.6 Å². The molecule has 1 aromatic carbocycles. The van der Waals surface area contributed by atoms with Crippen LogP contribution in [0, 0.1) is 0 Å². The van der Waals surface area contributed by atoms with Crippen molar-refractivity contribution in [3.8, 4) is 5.69 Å². The second kappa shape index (κ2) is 5.92. The molecule has 2 amide bonds. The zero-order chi connectivity index (χ0) is 15.6. The third kappa shape index (κ3) is 2.75. The summed E-state index contributed by atoms with van der Waals surface area (Å²) in [5, 5.41) is 1.93. The number of likely N-dealkylation sites (tertiary alicyclic amines) is 1. The van der Waals surface area contributed by atoms with Crippen molar-refractivity contribution in [1.82, 2.24) is 19.4 Å². The number of amides is 2. The van der Waals surface area contributed by atoms with Crippen molar-refractivity contribution in [2.75, 3.05) is 13.1 Å². The number of benzene rings is 1. The number of nitrogens with zero attached hydrogens (tertiary/aromatic N) is 5. The van der Waals surface area contributed by atoms with Crippen LogP contribution >= 0.6 is 11.3 Å². The maximum absolute atomic E-state index is 12.2. The van der Waals surface area contributed by atoms with Gasteiger partial charge >= 0.3 is 6.03 Å². The predicted molar refractivity (Wildman–Crippen MR) is 88.5 cm³/mol. The molecule has 6 nitrogen and oxygen atoms in total. The number of aromatic nitrogens is 3. The van der Waals surface area contributed by atoms with Crippen LogP contribution in [0.25, 0.3) is 16.7 Å². The van der Waals surface area contributed by atoms with Crippen LogP contribution in [0.1, 0.15) is 12.8 Å². The van der Waals surface area contributed by atoms with Gasteiger partial charge in [-0.25, -0.2) is 4.79 Å². The molecule has 23 heavy (non-hydrogen) atoms. The molecule has 116 valence electrons. The summed E-state index contributed by atoms with van der Waals surface area (Å²) in [6, 6.07) is 5.69. The fourth-order valence-corrected chi connectivity index (χ4v) is 3.43. The van der Waals surface area contributed by atoms with Gasteiger partial charge in [-0.1, -0.05) is 0 Å². The average molecular weight is 325 g/mol. The summed E-state index contributed by atoms with van der Waals surface area (Å²) in [7, 11) is 0. The molecule has 1 fully saturated rings. The van der Waals surface area contributed by atoms with Gasteiger partial charge in [0.15, 0.2) is 4.80 Å². The molecule has 2 aromatic heterocycles. The predicted octanol–water partition coefficient (Wildman–Crippen LogP) is 2.60. The number of carbonyl (C=O) groups is 1. The van der Waals surface area contributed by atoms with E-state index in [4.69, 9.17) is 0 Å². The summed E-state index contributed by atoms with van der Waals surface area (Å²) in [5.41, 5.74) is 2.59. The van der Waals surface area contributed by atoms with Crippen LogP contribution in [-0.2, 0) is 0 Å². The maximum atomic E-state index is 12.2. The quantitative estimate of drug-likeness (QED) is 0.691. The number of urea groups is 1. The Balaban J connectivity index is 1.74. The van der Waals surface area contributed by atoms with Gasteiger partial charge in [0.05, 0.1) is 16.7 Å². The Morgan fingerprint density at radius 1 is 1.13 bits per heavy atom. The Morgan fingerprint density at radius 3 is 2.74 bits per heavy atom. The summed E-state index contributed by atoms with van der Waals surface area (Å²) in [6.45, 7) is 1.61. The smallest absolute Gasteiger partial charge is 0.323 e. The fourth-order valence-electron chi connectivity index (χ4n) is 2.71. The second-order valence-electron chi connectivity index (χ2n) is 5.37. The second-order valence-corrected chi connectivity index (χ2v) is 6.25. The number of hydrogen-bond acceptors (Lipinski definition) is 4. The summed E-state index contributed by atoms with van der Waals surface area (Å²) < 4.78 is 1.91. The van der Waals surface area contributed by atoms with Gasteiger partial charge in [-0.2, -0.15) is 4.99 Å². The minimum Gasteiger partial charge on any atom is -0.323 e. The highest BCUT2D eigenvalue weighted by Gasteiger charge is 2.17. The fraction of sp³-hybridized carbons (Fsp3) is 0.250. The van der Waals surface area contributed by atoms with Crippen molar-refractivity contribution >= 4 is 28.4 Å². The lowest BCUT2D eigenvalue weighted by atomic mass is 10.2. The first-order valence-electron chi connectivity index (χ1n) is 7.52. The van der Waals surface area contributed by atoms with Gasteiger partial charge in [0.2, 0.25) is 0 Å². The third-order valence-corrected chi connectivity index (χ3v) is 4.65. The van der Waals surface area contributed by atoms with Gasteiger partial charge < -0.3 is 4.90 Å². The zero-order valence-corrected chi connectivity index (χ0v) is 13.2. The Labute approximate surface area is 136 Å². The number of thiazole rings is 1. The lowest BCUT2D eigenvalue weighted by Crippen LogP contribution is -2.27. The Morgan fingerprint density at radius 2 is 1.91 bits per heavy atom. The molecule has 0 atom stereocenters. The van der Waals surface area contributed by atoms with Crippen molar-refractivity contribution in [2.45, 2.75) is 12.8 Å². The van der Waals surface area contributed by atoms with E-state index in [2.05, 4.69) is 15.0 Å². The molecule has 0 saturated carbocycles. The number of carbonyl (C=O) groups excluding carboxylic acids is 1. The molecule has 1 aliphatic heterocycles. The number of rotatable bonds is 1. The van der Waals surface area contributed by atoms with Gasteiger partial charge in [0.25, 0.3) is 0 Å². The SMILES string of the molecule is O=C(N=c1sccn1-c1ccc2nccnc2c1)N1CCCC1. The van der Waals surface area contributed by atoms with E-state index in [0.29, 0.717) is 4.80 Å². The molecule has 1 saturated heterocycles. The van der Waals surface area contributed by atoms with Gasteiger partial charge in [-0.3, -0.25) is 14.5 Å². The molecule has 0 unspecified atom stereocenters. The first kappa shape index (κ1) is 14.1. The Hall–Kier alpha value is -2.54. The van der Waals surface area contributed by atoms with Crippen molar-refractivity contribution in [3.05, 3.63) is 47.0 Å². The summed E-state index contributed by atoms with van der Waals surface area (Å²) in [6.07, 6.45) is 7.39. The molecular weight excluding hydrogens is 310 g/mol. The van der Waals surface area contributed by atoms with Crippen LogP contribution in [0.2, 0.25) is 0 Å². The lowest BCUT2D eigenvalue weighted by molar-refractivity contribution is 0.218. The van der Waals surface area contributed by atoms with Crippen LogP contribution in [0.15, 0.2) is 47.2 Å². The molecule has 0 radical (unpaired) electrons. The summed E-state index contributed by atoms with van der Waals surface area (Å²) in [4.78, 5) is 27.6. The topological polar surface area (TPSA) is 63.4 Å². The first-order valence-corrected chi connectivity index (χ1v) is 8.40. The van der Waals surface area contributed by atoms with Crippen molar-refractivity contribution < 1.29 is 4.79 Å². The Kier molecular flexibility index (Phi) is 3.63. The monoisotopic (exact) mass is 325 g/mol. The van der Waals surface area contributed by atoms with Crippen LogP contribution in [0.4, 0.5) is 4.79 Å². The zero-order valence-electron chi connectivity index (χ0n) is 12.4. The lowest BCUT2D eigenvalue weighted by Gasteiger charge is -2.10. The van der Waals surface area contributed by atoms with E-state index in [9.17, 15) is 4.79 Å². The molecule has 1 aliphatic rings. The molecule has 3 aromatic rings. The maximum Gasteiger partial charge on any atom is 0.346 e. The molecule has 3 heterocycles. The van der Waals surface area contributed by atoms with Gasteiger partial charge in [-0.05, 0) is 31.0 Å². The normalized spacial score (nSPS) is 15.5. The molecule has 0 N–H and O–H groups in total. The highest BCUT2D eigenvalue weighted by atomic mass is 32.1. The molecule has 0 spiro atoms. The van der Waals surface area contributed by atoms with Crippen molar-refractivity contribution in [2.24, 2.45) is 4.99 Å². The van der Waals surface area contributed by atoms with Gasteiger partial charge in [0.1, 0.15) is 0 Å². The van der Waals surface area contributed by atoms with E-state index in [1.165, 1.54) is 11.3 Å².